The number of halogens is 4. The Labute approximate surface area is 96.1 Å². The fourth-order valence-electron chi connectivity index (χ4n) is 1.09. The second-order valence-electron chi connectivity index (χ2n) is 3.10. The van der Waals surface area contributed by atoms with Gasteiger partial charge < -0.3 is 15.9 Å². The summed E-state index contributed by atoms with van der Waals surface area (Å²) in [5, 5.41) is 17.2. The van der Waals surface area contributed by atoms with Gasteiger partial charge in [0.05, 0.1) is 6.04 Å². The highest BCUT2D eigenvalue weighted by atomic mass is 35.5. The molecule has 1 rings (SSSR count). The third-order valence-electron chi connectivity index (χ3n) is 1.98. The number of alkyl halides is 2. The van der Waals surface area contributed by atoms with Gasteiger partial charge in [-0.2, -0.15) is 0 Å². The summed E-state index contributed by atoms with van der Waals surface area (Å²) in [6, 6.07) is 0.746. The molecule has 0 spiro atoms. The Morgan fingerprint density at radius 1 is 1.38 bits per heavy atom. The van der Waals surface area contributed by atoms with Gasteiger partial charge in [0, 0.05) is 11.6 Å². The van der Waals surface area contributed by atoms with Crippen LogP contribution >= 0.6 is 12.4 Å². The largest absolute Gasteiger partial charge is 0.508 e. The van der Waals surface area contributed by atoms with Crippen molar-refractivity contribution in [3.05, 3.63) is 29.6 Å². The SMILES string of the molecule is Cl.N[C@@H](c1ccc(O)cc1F)C(F)(F)CO. The molecule has 0 heterocycles. The Hall–Kier alpha value is -0.980. The van der Waals surface area contributed by atoms with Crippen molar-refractivity contribution in [3.8, 4) is 5.75 Å². The topological polar surface area (TPSA) is 66.5 Å². The molecule has 1 aromatic rings. The van der Waals surface area contributed by atoms with E-state index in [9.17, 15) is 13.2 Å². The number of rotatable bonds is 3. The van der Waals surface area contributed by atoms with E-state index < -0.39 is 30.0 Å². The average Bonchev–Trinajstić information content (AvgIpc) is 2.17. The zero-order chi connectivity index (χ0) is 11.6. The monoisotopic (exact) mass is 257 g/mol. The van der Waals surface area contributed by atoms with Crippen LogP contribution < -0.4 is 5.73 Å². The molecule has 7 heteroatoms. The fraction of sp³-hybridized carbons (Fsp3) is 0.333. The second-order valence-corrected chi connectivity index (χ2v) is 3.10. The molecule has 0 radical (unpaired) electrons. The number of aliphatic hydroxyl groups is 1. The van der Waals surface area contributed by atoms with Gasteiger partial charge in [-0.05, 0) is 6.07 Å². The summed E-state index contributed by atoms with van der Waals surface area (Å²) < 4.78 is 38.9. The summed E-state index contributed by atoms with van der Waals surface area (Å²) in [7, 11) is 0. The van der Waals surface area contributed by atoms with E-state index in [1.165, 1.54) is 0 Å². The molecule has 0 saturated carbocycles. The molecule has 0 bridgehead atoms. The highest BCUT2D eigenvalue weighted by Gasteiger charge is 2.38. The standard InChI is InChI=1S/C9H10F3NO2.ClH/c10-7-3-5(15)1-2-6(7)8(13)9(11,12)4-14;/h1-3,8,14-15H,4,13H2;1H/t8-;/m0./s1. The van der Waals surface area contributed by atoms with Gasteiger partial charge in [0.25, 0.3) is 5.92 Å². The van der Waals surface area contributed by atoms with Crippen molar-refractivity contribution in [2.75, 3.05) is 6.61 Å². The van der Waals surface area contributed by atoms with Crippen LogP contribution in [0.25, 0.3) is 0 Å². The molecule has 92 valence electrons. The minimum absolute atomic E-state index is 0. The minimum Gasteiger partial charge on any atom is -0.508 e. The molecule has 4 N–H and O–H groups in total. The Bertz CT molecular complexity index is 363. The summed E-state index contributed by atoms with van der Waals surface area (Å²) in [5.74, 6) is -5.01. The number of hydrogen-bond acceptors (Lipinski definition) is 3. The van der Waals surface area contributed by atoms with Crippen molar-refractivity contribution >= 4 is 12.4 Å². The first-order valence-corrected chi connectivity index (χ1v) is 4.11. The number of phenolic OH excluding ortho intramolecular Hbond substituents is 1. The summed E-state index contributed by atoms with van der Waals surface area (Å²) in [5.41, 5.74) is 4.65. The van der Waals surface area contributed by atoms with E-state index in [0.29, 0.717) is 6.07 Å². The van der Waals surface area contributed by atoms with Crippen LogP contribution in [0.3, 0.4) is 0 Å². The lowest BCUT2D eigenvalue weighted by Crippen LogP contribution is -2.36. The number of hydrogen-bond donors (Lipinski definition) is 3. The van der Waals surface area contributed by atoms with Gasteiger partial charge in [-0.25, -0.2) is 13.2 Å². The molecule has 0 amide bonds. The lowest BCUT2D eigenvalue weighted by molar-refractivity contribution is -0.0718. The number of benzene rings is 1. The minimum atomic E-state index is -3.60. The van der Waals surface area contributed by atoms with Crippen molar-refractivity contribution in [2.24, 2.45) is 5.73 Å². The van der Waals surface area contributed by atoms with Crippen LogP contribution in [0.15, 0.2) is 18.2 Å². The van der Waals surface area contributed by atoms with Crippen molar-refractivity contribution in [1.82, 2.24) is 0 Å². The maximum Gasteiger partial charge on any atom is 0.289 e. The molecule has 0 aliphatic rings. The van der Waals surface area contributed by atoms with Gasteiger partial charge in [-0.1, -0.05) is 6.07 Å². The normalized spacial score (nSPS) is 13.1. The molecular weight excluding hydrogens is 247 g/mol. The number of aromatic hydroxyl groups is 1. The number of phenols is 1. The predicted molar refractivity (Wildman–Crippen MR) is 54.3 cm³/mol. The lowest BCUT2D eigenvalue weighted by Gasteiger charge is -2.21. The average molecular weight is 258 g/mol. The molecule has 0 aromatic heterocycles. The van der Waals surface area contributed by atoms with Gasteiger partial charge in [0.2, 0.25) is 0 Å². The Morgan fingerprint density at radius 2 is 1.94 bits per heavy atom. The van der Waals surface area contributed by atoms with Crippen molar-refractivity contribution in [3.63, 3.8) is 0 Å². The first-order valence-electron chi connectivity index (χ1n) is 4.11. The first kappa shape index (κ1) is 15.0. The molecule has 1 aromatic carbocycles. The fourth-order valence-corrected chi connectivity index (χ4v) is 1.09. The van der Waals surface area contributed by atoms with Crippen molar-refractivity contribution in [2.45, 2.75) is 12.0 Å². The third kappa shape index (κ3) is 3.01. The van der Waals surface area contributed by atoms with Crippen molar-refractivity contribution in [1.29, 1.82) is 0 Å². The van der Waals surface area contributed by atoms with E-state index in [4.69, 9.17) is 15.9 Å². The molecule has 0 saturated heterocycles. The quantitative estimate of drug-likeness (QED) is 0.770. The molecule has 3 nitrogen and oxygen atoms in total. The van der Waals surface area contributed by atoms with E-state index in [0.717, 1.165) is 12.1 Å². The second kappa shape index (κ2) is 5.38. The highest BCUT2D eigenvalue weighted by Crippen LogP contribution is 2.31. The van der Waals surface area contributed by atoms with Crippen LogP contribution in [0.1, 0.15) is 11.6 Å². The summed E-state index contributed by atoms with van der Waals surface area (Å²) >= 11 is 0. The zero-order valence-corrected chi connectivity index (χ0v) is 8.85. The number of aliphatic hydroxyl groups excluding tert-OH is 1. The first-order chi connectivity index (χ1) is 6.88. The third-order valence-corrected chi connectivity index (χ3v) is 1.98. The van der Waals surface area contributed by atoms with Crippen LogP contribution in [0.2, 0.25) is 0 Å². The van der Waals surface area contributed by atoms with Crippen LogP contribution in [0.5, 0.6) is 5.75 Å². The van der Waals surface area contributed by atoms with E-state index >= 15 is 0 Å². The highest BCUT2D eigenvalue weighted by molar-refractivity contribution is 5.85. The summed E-state index contributed by atoms with van der Waals surface area (Å²) in [4.78, 5) is 0. The van der Waals surface area contributed by atoms with Crippen LogP contribution in [0, 0.1) is 5.82 Å². The molecule has 0 fully saturated rings. The smallest absolute Gasteiger partial charge is 0.289 e. The van der Waals surface area contributed by atoms with E-state index in [-0.39, 0.29) is 18.2 Å². The molecular formula is C9H11ClF3NO2. The zero-order valence-electron chi connectivity index (χ0n) is 8.03. The van der Waals surface area contributed by atoms with Gasteiger partial charge in [-0.15, -0.1) is 12.4 Å². The van der Waals surface area contributed by atoms with Gasteiger partial charge >= 0.3 is 0 Å². The van der Waals surface area contributed by atoms with E-state index in [2.05, 4.69) is 0 Å². The Morgan fingerprint density at radius 3 is 2.38 bits per heavy atom. The number of nitrogens with two attached hydrogens (primary N) is 1. The van der Waals surface area contributed by atoms with Crippen molar-refractivity contribution < 1.29 is 23.4 Å². The van der Waals surface area contributed by atoms with E-state index in [1.54, 1.807) is 0 Å². The Balaban J connectivity index is 0.00000225. The lowest BCUT2D eigenvalue weighted by atomic mass is 10.0. The maximum atomic E-state index is 13.1. The van der Waals surface area contributed by atoms with Gasteiger partial charge in [-0.3, -0.25) is 0 Å². The van der Waals surface area contributed by atoms with Gasteiger partial charge in [0.15, 0.2) is 0 Å². The summed E-state index contributed by atoms with van der Waals surface area (Å²) in [6.45, 7) is -1.46. The molecule has 1 atom stereocenters. The predicted octanol–water partition coefficient (Wildman–Crippen LogP) is 1.58. The summed E-state index contributed by atoms with van der Waals surface area (Å²) in [6.07, 6.45) is 0. The molecule has 0 aliphatic heterocycles. The molecule has 0 unspecified atom stereocenters. The van der Waals surface area contributed by atoms with Crippen LogP contribution in [-0.4, -0.2) is 22.7 Å². The van der Waals surface area contributed by atoms with Gasteiger partial charge in [0.1, 0.15) is 18.2 Å². The van der Waals surface area contributed by atoms with Crippen LogP contribution in [-0.2, 0) is 0 Å². The Kier molecular flexibility index (Phi) is 5.05. The molecule has 0 aliphatic carbocycles. The van der Waals surface area contributed by atoms with E-state index in [1.807, 2.05) is 0 Å². The molecule has 16 heavy (non-hydrogen) atoms. The maximum absolute atomic E-state index is 13.1. The van der Waals surface area contributed by atoms with Crippen LogP contribution in [0.4, 0.5) is 13.2 Å².